The third kappa shape index (κ3) is 4.81. The molecule has 106 valence electrons. The Balaban J connectivity index is 2.56. The Morgan fingerprint density at radius 1 is 1.42 bits per heavy atom. The summed E-state index contributed by atoms with van der Waals surface area (Å²) in [4.78, 5) is 10.1. The maximum absolute atomic E-state index is 13.1. The van der Waals surface area contributed by atoms with Crippen molar-refractivity contribution in [1.29, 1.82) is 0 Å². The highest BCUT2D eigenvalue weighted by molar-refractivity contribution is 7.89. The number of halogens is 1. The summed E-state index contributed by atoms with van der Waals surface area (Å²) in [6.45, 7) is -0.389. The van der Waals surface area contributed by atoms with Gasteiger partial charge >= 0.3 is 0 Å². The van der Waals surface area contributed by atoms with Gasteiger partial charge in [0.05, 0.1) is 17.2 Å². The van der Waals surface area contributed by atoms with Crippen LogP contribution in [0.5, 0.6) is 0 Å². The molecule has 1 aromatic rings. The number of nitrogens with two attached hydrogens (primary N) is 2. The smallest absolute Gasteiger partial charge is 0.243 e. The van der Waals surface area contributed by atoms with Crippen LogP contribution in [0.15, 0.2) is 23.1 Å². The van der Waals surface area contributed by atoms with Gasteiger partial charge in [0.2, 0.25) is 15.9 Å². The van der Waals surface area contributed by atoms with E-state index in [9.17, 15) is 17.6 Å². The van der Waals surface area contributed by atoms with Crippen molar-refractivity contribution in [1.82, 2.24) is 4.72 Å². The van der Waals surface area contributed by atoms with Crippen molar-refractivity contribution in [2.24, 2.45) is 5.73 Å². The van der Waals surface area contributed by atoms with Crippen LogP contribution < -0.4 is 16.2 Å². The number of nitrogen functional groups attached to an aromatic ring is 1. The van der Waals surface area contributed by atoms with E-state index >= 15 is 0 Å². The number of rotatable bonds is 7. The van der Waals surface area contributed by atoms with Crippen molar-refractivity contribution in [2.45, 2.75) is 4.90 Å². The van der Waals surface area contributed by atoms with Crippen LogP contribution in [0.2, 0.25) is 0 Å². The molecule has 0 fully saturated rings. The van der Waals surface area contributed by atoms with E-state index in [1.807, 2.05) is 0 Å². The minimum atomic E-state index is -3.84. The summed E-state index contributed by atoms with van der Waals surface area (Å²) < 4.78 is 43.6. The average molecular weight is 291 g/mol. The molecule has 0 atom stereocenters. The van der Waals surface area contributed by atoms with E-state index in [4.69, 9.17) is 16.2 Å². The van der Waals surface area contributed by atoms with Gasteiger partial charge in [0.25, 0.3) is 0 Å². The fourth-order valence-corrected chi connectivity index (χ4v) is 2.20. The molecule has 1 aromatic carbocycles. The number of benzene rings is 1. The summed E-state index contributed by atoms with van der Waals surface area (Å²) in [6.07, 6.45) is 0. The van der Waals surface area contributed by atoms with E-state index in [0.717, 1.165) is 12.1 Å². The molecule has 0 aliphatic rings. The number of sulfonamides is 1. The highest BCUT2D eigenvalue weighted by Crippen LogP contribution is 2.15. The molecule has 19 heavy (non-hydrogen) atoms. The summed E-state index contributed by atoms with van der Waals surface area (Å²) in [7, 11) is -3.84. The average Bonchev–Trinajstić information content (AvgIpc) is 2.31. The number of nitrogens with one attached hydrogen (secondary N) is 1. The number of carbonyl (C=O) groups excluding carboxylic acids is 1. The number of ether oxygens (including phenoxy) is 1. The van der Waals surface area contributed by atoms with E-state index in [1.54, 1.807) is 0 Å². The van der Waals surface area contributed by atoms with Gasteiger partial charge in [0, 0.05) is 6.54 Å². The second kappa shape index (κ2) is 6.45. The summed E-state index contributed by atoms with van der Waals surface area (Å²) >= 11 is 0. The Hall–Kier alpha value is -1.71. The van der Waals surface area contributed by atoms with Gasteiger partial charge in [-0.25, -0.2) is 17.5 Å². The third-order valence-corrected chi connectivity index (χ3v) is 3.52. The predicted molar refractivity (Wildman–Crippen MR) is 66.0 cm³/mol. The molecule has 0 aliphatic carbocycles. The summed E-state index contributed by atoms with van der Waals surface area (Å²) in [5.74, 6) is -1.46. The number of hydrogen-bond donors (Lipinski definition) is 3. The van der Waals surface area contributed by atoms with Crippen LogP contribution in [-0.2, 0) is 19.6 Å². The molecule has 0 spiro atoms. The lowest BCUT2D eigenvalue weighted by atomic mass is 10.3. The fraction of sp³-hybridized carbons (Fsp3) is 0.300. The minimum Gasteiger partial charge on any atom is -0.396 e. The molecule has 0 aromatic heterocycles. The number of anilines is 1. The SMILES string of the molecule is NC(=O)COCCNS(=O)(=O)c1ccc(N)c(F)c1. The van der Waals surface area contributed by atoms with Gasteiger partial charge in [-0.05, 0) is 18.2 Å². The molecule has 0 unspecified atom stereocenters. The maximum atomic E-state index is 13.1. The molecule has 0 heterocycles. The topological polar surface area (TPSA) is 125 Å². The zero-order valence-corrected chi connectivity index (χ0v) is 10.7. The van der Waals surface area contributed by atoms with Crippen LogP contribution in [-0.4, -0.2) is 34.1 Å². The van der Waals surface area contributed by atoms with Crippen molar-refractivity contribution >= 4 is 21.6 Å². The fourth-order valence-electron chi connectivity index (χ4n) is 1.18. The van der Waals surface area contributed by atoms with E-state index in [-0.39, 0.29) is 30.3 Å². The Kier molecular flexibility index (Phi) is 5.21. The third-order valence-electron chi connectivity index (χ3n) is 2.07. The Labute approximate surface area is 109 Å². The molecule has 0 aliphatic heterocycles. The number of primary amides is 1. The van der Waals surface area contributed by atoms with Crippen LogP contribution >= 0.6 is 0 Å². The van der Waals surface area contributed by atoms with Crippen molar-refractivity contribution in [3.8, 4) is 0 Å². The Morgan fingerprint density at radius 2 is 2.11 bits per heavy atom. The zero-order valence-electron chi connectivity index (χ0n) is 9.93. The van der Waals surface area contributed by atoms with Crippen LogP contribution in [0.4, 0.5) is 10.1 Å². The van der Waals surface area contributed by atoms with E-state index < -0.39 is 21.7 Å². The molecule has 0 saturated heterocycles. The van der Waals surface area contributed by atoms with Gasteiger partial charge in [-0.1, -0.05) is 0 Å². The van der Waals surface area contributed by atoms with Gasteiger partial charge in [-0.3, -0.25) is 4.79 Å². The molecule has 9 heteroatoms. The summed E-state index contributed by atoms with van der Waals surface area (Å²) in [5.41, 5.74) is 9.94. The number of carbonyl (C=O) groups is 1. The van der Waals surface area contributed by atoms with Crippen molar-refractivity contribution < 1.29 is 22.3 Å². The van der Waals surface area contributed by atoms with E-state index in [2.05, 4.69) is 4.72 Å². The van der Waals surface area contributed by atoms with Gasteiger partial charge in [-0.2, -0.15) is 0 Å². The highest BCUT2D eigenvalue weighted by atomic mass is 32.2. The maximum Gasteiger partial charge on any atom is 0.243 e. The number of hydrogen-bond acceptors (Lipinski definition) is 5. The lowest BCUT2D eigenvalue weighted by Gasteiger charge is -2.07. The molecule has 5 N–H and O–H groups in total. The second-order valence-electron chi connectivity index (χ2n) is 3.60. The first-order valence-corrected chi connectivity index (χ1v) is 6.72. The van der Waals surface area contributed by atoms with Crippen LogP contribution in [0.1, 0.15) is 0 Å². The highest BCUT2D eigenvalue weighted by Gasteiger charge is 2.15. The first-order valence-electron chi connectivity index (χ1n) is 5.23. The Bertz CT molecular complexity index is 562. The lowest BCUT2D eigenvalue weighted by Crippen LogP contribution is -2.29. The van der Waals surface area contributed by atoms with Crippen LogP contribution in [0.3, 0.4) is 0 Å². The predicted octanol–water partition coefficient (Wildman–Crippen LogP) is -0.812. The number of amides is 1. The molecule has 0 bridgehead atoms. The van der Waals surface area contributed by atoms with Gasteiger partial charge in [-0.15, -0.1) is 0 Å². The zero-order chi connectivity index (χ0) is 14.5. The second-order valence-corrected chi connectivity index (χ2v) is 5.37. The summed E-state index contributed by atoms with van der Waals surface area (Å²) in [6, 6.07) is 3.17. The van der Waals surface area contributed by atoms with Gasteiger partial charge in [0.15, 0.2) is 0 Å². The monoisotopic (exact) mass is 291 g/mol. The minimum absolute atomic E-state index is 0.0282. The molecular formula is C10H14FN3O4S. The first kappa shape index (κ1) is 15.3. The first-order chi connectivity index (χ1) is 8.83. The molecule has 7 nitrogen and oxygen atoms in total. The van der Waals surface area contributed by atoms with Crippen LogP contribution in [0, 0.1) is 5.82 Å². The van der Waals surface area contributed by atoms with Crippen molar-refractivity contribution in [2.75, 3.05) is 25.5 Å². The standard InChI is InChI=1S/C10H14FN3O4S/c11-8-5-7(1-2-9(8)12)19(16,17)14-3-4-18-6-10(13)15/h1-2,5,14H,3-4,6,12H2,(H2,13,15). The molecular weight excluding hydrogens is 277 g/mol. The van der Waals surface area contributed by atoms with Crippen molar-refractivity contribution in [3.05, 3.63) is 24.0 Å². The molecule has 0 radical (unpaired) electrons. The van der Waals surface area contributed by atoms with Gasteiger partial charge < -0.3 is 16.2 Å². The Morgan fingerprint density at radius 3 is 2.68 bits per heavy atom. The van der Waals surface area contributed by atoms with Crippen molar-refractivity contribution in [3.63, 3.8) is 0 Å². The lowest BCUT2D eigenvalue weighted by molar-refractivity contribution is -0.122. The van der Waals surface area contributed by atoms with Crippen LogP contribution in [0.25, 0.3) is 0 Å². The molecule has 1 rings (SSSR count). The largest absolute Gasteiger partial charge is 0.396 e. The van der Waals surface area contributed by atoms with E-state index in [0.29, 0.717) is 0 Å². The molecule has 1 amide bonds. The van der Waals surface area contributed by atoms with Gasteiger partial charge in [0.1, 0.15) is 12.4 Å². The molecule has 0 saturated carbocycles. The quantitative estimate of drug-likeness (QED) is 0.447. The summed E-state index contributed by atoms with van der Waals surface area (Å²) in [5, 5.41) is 0. The van der Waals surface area contributed by atoms with E-state index in [1.165, 1.54) is 6.07 Å². The normalized spacial score (nSPS) is 11.4.